The summed E-state index contributed by atoms with van der Waals surface area (Å²) in [5, 5.41) is 4.09. The largest absolute Gasteiger partial charge is 0.487 e. The summed E-state index contributed by atoms with van der Waals surface area (Å²) in [5.74, 6) is 0.442. The van der Waals surface area contributed by atoms with Crippen molar-refractivity contribution < 1.29 is 9.13 Å². The molecule has 0 fully saturated rings. The van der Waals surface area contributed by atoms with Crippen LogP contribution >= 0.6 is 43.5 Å². The van der Waals surface area contributed by atoms with E-state index in [4.69, 9.17) is 16.3 Å². The van der Waals surface area contributed by atoms with E-state index in [-0.39, 0.29) is 12.4 Å². The van der Waals surface area contributed by atoms with Gasteiger partial charge >= 0.3 is 0 Å². The molecular weight excluding hydrogens is 496 g/mol. The van der Waals surface area contributed by atoms with Gasteiger partial charge in [-0.2, -0.15) is 0 Å². The van der Waals surface area contributed by atoms with Crippen molar-refractivity contribution >= 4 is 49.1 Å². The second-order valence-corrected chi connectivity index (χ2v) is 8.29. The molecule has 3 aromatic carbocycles. The summed E-state index contributed by atoms with van der Waals surface area (Å²) < 4.78 is 21.1. The lowest BCUT2D eigenvalue weighted by Gasteiger charge is -2.16. The van der Waals surface area contributed by atoms with Gasteiger partial charge in [0.05, 0.1) is 4.47 Å². The van der Waals surface area contributed by atoms with E-state index in [0.717, 1.165) is 36.3 Å². The summed E-state index contributed by atoms with van der Waals surface area (Å²) in [4.78, 5) is 0. The SMILES string of the molecule is Cc1ccc(NCc2cc(Br)cc(Br)c2OCc2cccc(F)c2)cc1Cl. The highest BCUT2D eigenvalue weighted by atomic mass is 79.9. The van der Waals surface area contributed by atoms with Crippen LogP contribution in [-0.2, 0) is 13.2 Å². The first-order valence-electron chi connectivity index (χ1n) is 8.27. The molecule has 0 atom stereocenters. The van der Waals surface area contributed by atoms with Gasteiger partial charge in [0.1, 0.15) is 18.2 Å². The molecule has 0 heterocycles. The van der Waals surface area contributed by atoms with Gasteiger partial charge in [-0.1, -0.05) is 45.7 Å². The Morgan fingerprint density at radius 1 is 1.07 bits per heavy atom. The van der Waals surface area contributed by atoms with E-state index in [1.807, 2.05) is 43.3 Å². The lowest BCUT2D eigenvalue weighted by atomic mass is 10.1. The minimum Gasteiger partial charge on any atom is -0.487 e. The van der Waals surface area contributed by atoms with Crippen molar-refractivity contribution in [2.45, 2.75) is 20.1 Å². The molecule has 0 radical (unpaired) electrons. The fourth-order valence-electron chi connectivity index (χ4n) is 2.59. The van der Waals surface area contributed by atoms with Crippen LogP contribution in [0.15, 0.2) is 63.5 Å². The average Bonchev–Trinajstić information content (AvgIpc) is 2.62. The second kappa shape index (κ2) is 9.09. The molecule has 3 rings (SSSR count). The molecule has 0 aliphatic rings. The predicted octanol–water partition coefficient (Wildman–Crippen LogP) is 7.50. The Morgan fingerprint density at radius 3 is 2.63 bits per heavy atom. The first kappa shape index (κ1) is 20.2. The van der Waals surface area contributed by atoms with Gasteiger partial charge in [0.25, 0.3) is 0 Å². The van der Waals surface area contributed by atoms with Crippen LogP contribution in [0, 0.1) is 12.7 Å². The van der Waals surface area contributed by atoms with Crippen molar-refractivity contribution in [3.63, 3.8) is 0 Å². The van der Waals surface area contributed by atoms with E-state index in [1.165, 1.54) is 12.1 Å². The number of rotatable bonds is 6. The Labute approximate surface area is 180 Å². The average molecular weight is 514 g/mol. The highest BCUT2D eigenvalue weighted by molar-refractivity contribution is 9.11. The Hall–Kier alpha value is -1.56. The van der Waals surface area contributed by atoms with Crippen molar-refractivity contribution in [3.8, 4) is 5.75 Å². The van der Waals surface area contributed by atoms with Gasteiger partial charge in [0.15, 0.2) is 0 Å². The maximum absolute atomic E-state index is 13.4. The van der Waals surface area contributed by atoms with Gasteiger partial charge in [-0.3, -0.25) is 0 Å². The number of ether oxygens (including phenoxy) is 1. The van der Waals surface area contributed by atoms with Crippen LogP contribution in [0.25, 0.3) is 0 Å². The number of nitrogens with one attached hydrogen (secondary N) is 1. The number of hydrogen-bond donors (Lipinski definition) is 1. The maximum atomic E-state index is 13.4. The molecule has 0 aliphatic carbocycles. The van der Waals surface area contributed by atoms with Gasteiger partial charge in [-0.15, -0.1) is 0 Å². The first-order chi connectivity index (χ1) is 12.9. The van der Waals surface area contributed by atoms with Gasteiger partial charge in [0, 0.05) is 27.3 Å². The van der Waals surface area contributed by atoms with Crippen molar-refractivity contribution in [3.05, 3.63) is 91.1 Å². The zero-order chi connectivity index (χ0) is 19.4. The van der Waals surface area contributed by atoms with Crippen molar-refractivity contribution in [2.24, 2.45) is 0 Å². The first-order valence-corrected chi connectivity index (χ1v) is 10.2. The van der Waals surface area contributed by atoms with E-state index in [0.29, 0.717) is 12.3 Å². The molecule has 0 aromatic heterocycles. The van der Waals surface area contributed by atoms with E-state index in [1.54, 1.807) is 6.07 Å². The van der Waals surface area contributed by atoms with Gasteiger partial charge in [-0.25, -0.2) is 4.39 Å². The summed E-state index contributed by atoms with van der Waals surface area (Å²) in [6, 6.07) is 16.2. The summed E-state index contributed by atoms with van der Waals surface area (Å²) >= 11 is 13.3. The molecule has 27 heavy (non-hydrogen) atoms. The van der Waals surface area contributed by atoms with Crippen LogP contribution in [0.2, 0.25) is 5.02 Å². The highest BCUT2D eigenvalue weighted by Crippen LogP contribution is 2.34. The zero-order valence-corrected chi connectivity index (χ0v) is 18.5. The molecule has 140 valence electrons. The molecule has 6 heteroatoms. The molecule has 1 N–H and O–H groups in total. The molecular formula is C21H17Br2ClFNO. The summed E-state index contributed by atoms with van der Waals surface area (Å²) in [5.41, 5.74) is 3.70. The minimum atomic E-state index is -0.274. The third-order valence-corrected chi connectivity index (χ3v) is 5.47. The third kappa shape index (κ3) is 5.47. The summed E-state index contributed by atoms with van der Waals surface area (Å²) in [6.07, 6.45) is 0. The smallest absolute Gasteiger partial charge is 0.139 e. The number of anilines is 1. The van der Waals surface area contributed by atoms with Crippen molar-refractivity contribution in [1.29, 1.82) is 0 Å². The molecule has 0 amide bonds. The Bertz CT molecular complexity index is 965. The van der Waals surface area contributed by atoms with E-state index >= 15 is 0 Å². The van der Waals surface area contributed by atoms with Gasteiger partial charge in [0.2, 0.25) is 0 Å². The second-order valence-electron chi connectivity index (χ2n) is 6.11. The number of halogens is 4. The third-order valence-electron chi connectivity index (χ3n) is 4.01. The molecule has 0 spiro atoms. The van der Waals surface area contributed by atoms with E-state index in [9.17, 15) is 4.39 Å². The predicted molar refractivity (Wildman–Crippen MR) is 116 cm³/mol. The maximum Gasteiger partial charge on any atom is 0.139 e. The highest BCUT2D eigenvalue weighted by Gasteiger charge is 2.11. The van der Waals surface area contributed by atoms with Crippen molar-refractivity contribution in [2.75, 3.05) is 5.32 Å². The fourth-order valence-corrected chi connectivity index (χ4v) is 4.20. The number of aryl methyl sites for hydroxylation is 1. The Balaban J connectivity index is 1.78. The van der Waals surface area contributed by atoms with Crippen molar-refractivity contribution in [1.82, 2.24) is 0 Å². The van der Waals surface area contributed by atoms with E-state index in [2.05, 4.69) is 37.2 Å². The van der Waals surface area contributed by atoms with Crippen LogP contribution in [0.3, 0.4) is 0 Å². The minimum absolute atomic E-state index is 0.274. The molecule has 0 aliphatic heterocycles. The van der Waals surface area contributed by atoms with Crippen LogP contribution in [0.4, 0.5) is 10.1 Å². The molecule has 0 saturated heterocycles. The topological polar surface area (TPSA) is 21.3 Å². The lowest BCUT2D eigenvalue weighted by molar-refractivity contribution is 0.300. The number of benzene rings is 3. The molecule has 2 nitrogen and oxygen atoms in total. The standard InChI is InChI=1S/C21H17Br2ClFNO/c1-13-5-6-18(10-20(13)24)26-11-15-8-16(22)9-19(23)21(15)27-12-14-3-2-4-17(25)7-14/h2-10,26H,11-12H2,1H3. The summed E-state index contributed by atoms with van der Waals surface area (Å²) in [7, 11) is 0. The van der Waals surface area contributed by atoms with Gasteiger partial charge in [-0.05, 0) is 70.4 Å². The van der Waals surface area contributed by atoms with Crippen LogP contribution in [0.1, 0.15) is 16.7 Å². The quantitative estimate of drug-likeness (QED) is 0.368. The van der Waals surface area contributed by atoms with E-state index < -0.39 is 0 Å². The van der Waals surface area contributed by atoms with Crippen LogP contribution in [-0.4, -0.2) is 0 Å². The normalized spacial score (nSPS) is 10.7. The summed E-state index contributed by atoms with van der Waals surface area (Å²) in [6.45, 7) is 2.80. The van der Waals surface area contributed by atoms with Crippen LogP contribution in [0.5, 0.6) is 5.75 Å². The monoisotopic (exact) mass is 511 g/mol. The Morgan fingerprint density at radius 2 is 1.89 bits per heavy atom. The lowest BCUT2D eigenvalue weighted by Crippen LogP contribution is -2.05. The van der Waals surface area contributed by atoms with Crippen LogP contribution < -0.4 is 10.1 Å². The molecule has 3 aromatic rings. The molecule has 0 saturated carbocycles. The molecule has 0 bridgehead atoms. The molecule has 0 unspecified atom stereocenters. The Kier molecular flexibility index (Phi) is 6.79. The zero-order valence-electron chi connectivity index (χ0n) is 14.5. The fraction of sp³-hybridized carbons (Fsp3) is 0.143. The van der Waals surface area contributed by atoms with Gasteiger partial charge < -0.3 is 10.1 Å². The number of hydrogen-bond acceptors (Lipinski definition) is 2.